The fraction of sp³-hybridized carbons (Fsp3) is 0.538. The Balaban J connectivity index is 1.97. The molecule has 0 radical (unpaired) electrons. The smallest absolute Gasteiger partial charge is 0.151 e. The van der Waals surface area contributed by atoms with Gasteiger partial charge in [0.1, 0.15) is 5.75 Å². The molecule has 1 fully saturated rings. The highest BCUT2D eigenvalue weighted by atomic mass is 32.2. The van der Waals surface area contributed by atoms with Gasteiger partial charge < -0.3 is 10.1 Å². The number of ether oxygens (including phenoxy) is 1. The molecule has 0 amide bonds. The molecular formula is C13H19NO3S. The second-order valence-corrected chi connectivity index (χ2v) is 6.99. The van der Waals surface area contributed by atoms with E-state index in [1.54, 1.807) is 7.11 Å². The molecule has 1 unspecified atom stereocenters. The van der Waals surface area contributed by atoms with Gasteiger partial charge in [-0.15, -0.1) is 0 Å². The van der Waals surface area contributed by atoms with Gasteiger partial charge in [0.2, 0.25) is 0 Å². The third-order valence-electron chi connectivity index (χ3n) is 3.33. The van der Waals surface area contributed by atoms with Crippen molar-refractivity contribution in [1.29, 1.82) is 0 Å². The van der Waals surface area contributed by atoms with E-state index in [1.807, 2.05) is 31.2 Å². The van der Waals surface area contributed by atoms with Crippen LogP contribution < -0.4 is 10.1 Å². The number of rotatable bonds is 4. The van der Waals surface area contributed by atoms with Crippen LogP contribution in [0.15, 0.2) is 24.3 Å². The van der Waals surface area contributed by atoms with E-state index in [4.69, 9.17) is 4.74 Å². The molecule has 18 heavy (non-hydrogen) atoms. The minimum absolute atomic E-state index is 0.0760. The Morgan fingerprint density at radius 1 is 1.33 bits per heavy atom. The Morgan fingerprint density at radius 3 is 2.50 bits per heavy atom. The van der Waals surface area contributed by atoms with Crippen molar-refractivity contribution in [2.45, 2.75) is 25.4 Å². The largest absolute Gasteiger partial charge is 0.497 e. The minimum Gasteiger partial charge on any atom is -0.497 e. The molecular weight excluding hydrogens is 250 g/mol. The molecule has 0 spiro atoms. The molecule has 0 saturated carbocycles. The van der Waals surface area contributed by atoms with Crippen molar-refractivity contribution in [3.8, 4) is 5.75 Å². The van der Waals surface area contributed by atoms with Gasteiger partial charge in [0.15, 0.2) is 9.84 Å². The predicted molar refractivity (Wildman–Crippen MR) is 71.6 cm³/mol. The first-order chi connectivity index (χ1) is 8.50. The Kier molecular flexibility index (Phi) is 3.92. The lowest BCUT2D eigenvalue weighted by molar-refractivity contribution is 0.414. The van der Waals surface area contributed by atoms with Crippen LogP contribution in [0, 0.1) is 0 Å². The molecule has 0 aromatic heterocycles. The van der Waals surface area contributed by atoms with Crippen LogP contribution in [-0.4, -0.2) is 33.1 Å². The van der Waals surface area contributed by atoms with Gasteiger partial charge in [-0.05, 0) is 31.0 Å². The molecule has 100 valence electrons. The molecule has 1 aromatic rings. The van der Waals surface area contributed by atoms with E-state index in [0.29, 0.717) is 12.2 Å². The van der Waals surface area contributed by atoms with Crippen LogP contribution in [0.5, 0.6) is 5.75 Å². The zero-order valence-corrected chi connectivity index (χ0v) is 11.5. The van der Waals surface area contributed by atoms with E-state index < -0.39 is 9.84 Å². The monoisotopic (exact) mass is 269 g/mol. The van der Waals surface area contributed by atoms with Crippen LogP contribution in [0.4, 0.5) is 0 Å². The van der Waals surface area contributed by atoms with Crippen molar-refractivity contribution >= 4 is 9.84 Å². The maximum Gasteiger partial charge on any atom is 0.151 e. The fourth-order valence-corrected chi connectivity index (χ4v) is 3.96. The lowest BCUT2D eigenvalue weighted by Gasteiger charge is -2.19. The van der Waals surface area contributed by atoms with Gasteiger partial charge in [-0.1, -0.05) is 12.1 Å². The van der Waals surface area contributed by atoms with Crippen molar-refractivity contribution < 1.29 is 13.2 Å². The molecule has 0 bridgehead atoms. The summed E-state index contributed by atoms with van der Waals surface area (Å²) >= 11 is 0. The van der Waals surface area contributed by atoms with Crippen LogP contribution in [0.3, 0.4) is 0 Å². The van der Waals surface area contributed by atoms with Crippen LogP contribution >= 0.6 is 0 Å². The summed E-state index contributed by atoms with van der Waals surface area (Å²) in [5.41, 5.74) is 1.14. The Bertz CT molecular complexity index is 495. The summed E-state index contributed by atoms with van der Waals surface area (Å²) < 4.78 is 27.9. The van der Waals surface area contributed by atoms with Crippen LogP contribution in [0.1, 0.15) is 24.9 Å². The lowest BCUT2D eigenvalue weighted by atomic mass is 10.1. The third kappa shape index (κ3) is 3.23. The van der Waals surface area contributed by atoms with Gasteiger partial charge >= 0.3 is 0 Å². The molecule has 1 N–H and O–H groups in total. The van der Waals surface area contributed by atoms with Crippen molar-refractivity contribution in [2.75, 3.05) is 18.6 Å². The zero-order valence-electron chi connectivity index (χ0n) is 10.7. The average molecular weight is 269 g/mol. The minimum atomic E-state index is -2.82. The Morgan fingerprint density at radius 2 is 2.00 bits per heavy atom. The van der Waals surface area contributed by atoms with Crippen molar-refractivity contribution in [3.63, 3.8) is 0 Å². The van der Waals surface area contributed by atoms with E-state index in [-0.39, 0.29) is 17.8 Å². The molecule has 1 aliphatic rings. The quantitative estimate of drug-likeness (QED) is 0.900. The van der Waals surface area contributed by atoms with Crippen LogP contribution in [0.2, 0.25) is 0 Å². The number of hydrogen-bond donors (Lipinski definition) is 1. The SMILES string of the molecule is COc1ccc([C@H](C)NC2CCS(=O)(=O)C2)cc1. The molecule has 1 aliphatic heterocycles. The first-order valence-corrected chi connectivity index (χ1v) is 7.93. The molecule has 1 heterocycles. The third-order valence-corrected chi connectivity index (χ3v) is 5.10. The van der Waals surface area contributed by atoms with Crippen LogP contribution in [-0.2, 0) is 9.84 Å². The second-order valence-electron chi connectivity index (χ2n) is 4.76. The van der Waals surface area contributed by atoms with E-state index in [9.17, 15) is 8.42 Å². The second kappa shape index (κ2) is 5.28. The van der Waals surface area contributed by atoms with Crippen molar-refractivity contribution in [3.05, 3.63) is 29.8 Å². The number of nitrogens with one attached hydrogen (secondary N) is 1. The summed E-state index contributed by atoms with van der Waals surface area (Å²) in [6.45, 7) is 2.05. The average Bonchev–Trinajstić information content (AvgIpc) is 2.68. The zero-order chi connectivity index (χ0) is 13.2. The highest BCUT2D eigenvalue weighted by molar-refractivity contribution is 7.91. The van der Waals surface area contributed by atoms with E-state index in [1.165, 1.54) is 0 Å². The molecule has 2 rings (SSSR count). The summed E-state index contributed by atoms with van der Waals surface area (Å²) in [5, 5.41) is 3.37. The summed E-state index contributed by atoms with van der Waals surface area (Å²) in [6.07, 6.45) is 0.711. The Labute approximate surface area is 108 Å². The summed E-state index contributed by atoms with van der Waals surface area (Å²) in [4.78, 5) is 0. The maximum atomic E-state index is 11.4. The number of benzene rings is 1. The highest BCUT2D eigenvalue weighted by Crippen LogP contribution is 2.20. The van der Waals surface area contributed by atoms with Gasteiger partial charge in [-0.2, -0.15) is 0 Å². The van der Waals surface area contributed by atoms with Gasteiger partial charge in [-0.3, -0.25) is 0 Å². The summed E-state index contributed by atoms with van der Waals surface area (Å²) in [5.74, 6) is 1.39. The molecule has 2 atom stereocenters. The molecule has 4 nitrogen and oxygen atoms in total. The van der Waals surface area contributed by atoms with E-state index >= 15 is 0 Å². The van der Waals surface area contributed by atoms with Crippen molar-refractivity contribution in [1.82, 2.24) is 5.32 Å². The van der Waals surface area contributed by atoms with Gasteiger partial charge in [-0.25, -0.2) is 8.42 Å². The normalized spacial score (nSPS) is 23.8. The lowest BCUT2D eigenvalue weighted by Crippen LogP contribution is -2.32. The maximum absolute atomic E-state index is 11.4. The van der Waals surface area contributed by atoms with E-state index in [2.05, 4.69) is 5.32 Å². The summed E-state index contributed by atoms with van der Waals surface area (Å²) in [7, 11) is -1.18. The van der Waals surface area contributed by atoms with Crippen LogP contribution in [0.25, 0.3) is 0 Å². The summed E-state index contributed by atoms with van der Waals surface area (Å²) in [6, 6.07) is 8.05. The molecule has 0 aliphatic carbocycles. The molecule has 1 saturated heterocycles. The number of sulfone groups is 1. The predicted octanol–water partition coefficient (Wildman–Crippen LogP) is 1.53. The highest BCUT2D eigenvalue weighted by Gasteiger charge is 2.28. The van der Waals surface area contributed by atoms with Gasteiger partial charge in [0.25, 0.3) is 0 Å². The van der Waals surface area contributed by atoms with E-state index in [0.717, 1.165) is 11.3 Å². The molecule has 5 heteroatoms. The first-order valence-electron chi connectivity index (χ1n) is 6.10. The molecule has 1 aromatic carbocycles. The topological polar surface area (TPSA) is 55.4 Å². The number of methoxy groups -OCH3 is 1. The van der Waals surface area contributed by atoms with Crippen molar-refractivity contribution in [2.24, 2.45) is 0 Å². The first kappa shape index (κ1) is 13.4. The Hall–Kier alpha value is -1.07. The number of hydrogen-bond acceptors (Lipinski definition) is 4. The van der Waals surface area contributed by atoms with Gasteiger partial charge in [0.05, 0.1) is 18.6 Å². The standard InChI is InChI=1S/C13H19NO3S/c1-10(11-3-5-13(17-2)6-4-11)14-12-7-8-18(15,16)9-12/h3-6,10,12,14H,7-9H2,1-2H3/t10-,12?/m0/s1. The van der Waals surface area contributed by atoms with Gasteiger partial charge in [0, 0.05) is 12.1 Å². The fourth-order valence-electron chi connectivity index (χ4n) is 2.27.